The molecule has 19 heavy (non-hydrogen) atoms. The van der Waals surface area contributed by atoms with Crippen molar-refractivity contribution in [3.8, 4) is 0 Å². The van der Waals surface area contributed by atoms with E-state index in [4.69, 9.17) is 4.74 Å². The number of hydrogen-bond acceptors (Lipinski definition) is 3. The summed E-state index contributed by atoms with van der Waals surface area (Å²) in [6.07, 6.45) is 0.416. The molecule has 0 N–H and O–H groups in total. The van der Waals surface area contributed by atoms with E-state index in [0.29, 0.717) is 25.1 Å². The molecule has 0 saturated carbocycles. The summed E-state index contributed by atoms with van der Waals surface area (Å²) in [4.78, 5) is 14.2. The van der Waals surface area contributed by atoms with Crippen molar-refractivity contribution < 1.29 is 13.9 Å². The first kappa shape index (κ1) is 14.2. The molecule has 0 unspecified atom stereocenters. The second-order valence-electron chi connectivity index (χ2n) is 5.57. The van der Waals surface area contributed by atoms with Gasteiger partial charge < -0.3 is 4.74 Å². The van der Waals surface area contributed by atoms with Crippen LogP contribution in [0.4, 0.5) is 4.39 Å². The summed E-state index contributed by atoms with van der Waals surface area (Å²) in [5.74, 6) is -0.373. The molecule has 104 valence electrons. The summed E-state index contributed by atoms with van der Waals surface area (Å²) in [6.45, 7) is 7.16. The molecule has 4 heteroatoms. The Balaban J connectivity index is 1.87. The van der Waals surface area contributed by atoms with Crippen LogP contribution in [0.5, 0.6) is 0 Å². The molecule has 1 aromatic rings. The Morgan fingerprint density at radius 1 is 1.47 bits per heavy atom. The lowest BCUT2D eigenvalue weighted by molar-refractivity contribution is -0.0855. The van der Waals surface area contributed by atoms with Crippen LogP contribution in [-0.4, -0.2) is 42.5 Å². The zero-order valence-corrected chi connectivity index (χ0v) is 11.5. The maximum atomic E-state index is 13.0. The molecule has 1 heterocycles. The lowest BCUT2D eigenvalue weighted by atomic mass is 10.1. The van der Waals surface area contributed by atoms with Gasteiger partial charge in [-0.25, -0.2) is 4.39 Å². The Hall–Kier alpha value is -1.26. The van der Waals surface area contributed by atoms with Crippen LogP contribution in [0.15, 0.2) is 24.3 Å². The third-order valence-corrected chi connectivity index (χ3v) is 3.31. The number of ether oxygens (including phenoxy) is 1. The number of Topliss-reactive ketones (excluding diaryl/α,β-unsaturated/α-hetero) is 1. The van der Waals surface area contributed by atoms with E-state index in [1.54, 1.807) is 12.1 Å². The molecule has 1 saturated heterocycles. The number of ketones is 1. The van der Waals surface area contributed by atoms with E-state index >= 15 is 0 Å². The number of carbonyl (C=O) groups excluding carboxylic acids is 1. The number of nitrogens with zero attached hydrogens (tertiary/aromatic N) is 1. The van der Waals surface area contributed by atoms with Crippen LogP contribution in [0.3, 0.4) is 0 Å². The third kappa shape index (κ3) is 4.11. The van der Waals surface area contributed by atoms with Crippen LogP contribution in [-0.2, 0) is 4.74 Å². The molecule has 0 aliphatic carbocycles. The molecule has 0 radical (unpaired) electrons. The molecule has 1 fully saturated rings. The maximum absolute atomic E-state index is 13.0. The smallest absolute Gasteiger partial charge is 0.164 e. The van der Waals surface area contributed by atoms with Crippen molar-refractivity contribution in [3.63, 3.8) is 0 Å². The number of halogens is 1. The second kappa shape index (κ2) is 5.80. The van der Waals surface area contributed by atoms with Gasteiger partial charge in [-0.15, -0.1) is 0 Å². The number of benzene rings is 1. The average molecular weight is 265 g/mol. The molecule has 2 rings (SSSR count). The van der Waals surface area contributed by atoms with Crippen LogP contribution in [0.2, 0.25) is 0 Å². The summed E-state index contributed by atoms with van der Waals surface area (Å²) in [5.41, 5.74) is 0.299. The Labute approximate surface area is 113 Å². The predicted octanol–water partition coefficient (Wildman–Crippen LogP) is 2.51. The number of hydrogen-bond donors (Lipinski definition) is 0. The first-order valence-electron chi connectivity index (χ1n) is 6.61. The molecule has 1 aromatic carbocycles. The van der Waals surface area contributed by atoms with Crippen molar-refractivity contribution in [3.05, 3.63) is 35.6 Å². The summed E-state index contributed by atoms with van der Waals surface area (Å²) in [6, 6.07) is 5.88. The van der Waals surface area contributed by atoms with Crippen LogP contribution in [0, 0.1) is 5.82 Å². The van der Waals surface area contributed by atoms with E-state index in [1.807, 2.05) is 13.8 Å². The minimum absolute atomic E-state index is 0.0104. The molecular formula is C15H20FNO2. The monoisotopic (exact) mass is 265 g/mol. The zero-order chi connectivity index (χ0) is 13.9. The van der Waals surface area contributed by atoms with Crippen LogP contribution in [0.25, 0.3) is 0 Å². The highest BCUT2D eigenvalue weighted by atomic mass is 19.1. The van der Waals surface area contributed by atoms with E-state index in [0.717, 1.165) is 13.1 Å². The molecule has 0 aromatic heterocycles. The van der Waals surface area contributed by atoms with Gasteiger partial charge in [0.05, 0.1) is 12.2 Å². The van der Waals surface area contributed by atoms with Gasteiger partial charge in [0.25, 0.3) is 0 Å². The second-order valence-corrected chi connectivity index (χ2v) is 5.57. The van der Waals surface area contributed by atoms with E-state index in [9.17, 15) is 9.18 Å². The van der Waals surface area contributed by atoms with E-state index < -0.39 is 0 Å². The van der Waals surface area contributed by atoms with Gasteiger partial charge in [-0.05, 0) is 26.0 Å². The highest BCUT2D eigenvalue weighted by molar-refractivity contribution is 5.96. The Kier molecular flexibility index (Phi) is 4.32. The molecule has 0 spiro atoms. The first-order chi connectivity index (χ1) is 8.96. The molecule has 0 bridgehead atoms. The SMILES string of the molecule is CC1(C)CN(CCC(=O)c2cccc(F)c2)CCO1. The van der Waals surface area contributed by atoms with Crippen molar-refractivity contribution in [1.29, 1.82) is 0 Å². The zero-order valence-electron chi connectivity index (χ0n) is 11.5. The van der Waals surface area contributed by atoms with Crippen molar-refractivity contribution in [2.24, 2.45) is 0 Å². The van der Waals surface area contributed by atoms with Crippen molar-refractivity contribution >= 4 is 5.78 Å². The normalized spacial score (nSPS) is 19.3. The van der Waals surface area contributed by atoms with Crippen molar-refractivity contribution in [1.82, 2.24) is 4.90 Å². The van der Waals surface area contributed by atoms with Crippen LogP contribution in [0.1, 0.15) is 30.6 Å². The van der Waals surface area contributed by atoms with Gasteiger partial charge in [0.2, 0.25) is 0 Å². The largest absolute Gasteiger partial charge is 0.373 e. The van der Waals surface area contributed by atoms with Gasteiger partial charge in [-0.2, -0.15) is 0 Å². The van der Waals surface area contributed by atoms with E-state index in [2.05, 4.69) is 4.90 Å². The molecule has 0 amide bonds. The predicted molar refractivity (Wildman–Crippen MR) is 71.8 cm³/mol. The van der Waals surface area contributed by atoms with Gasteiger partial charge in [0.1, 0.15) is 5.82 Å². The fourth-order valence-electron chi connectivity index (χ4n) is 2.37. The summed E-state index contributed by atoms with van der Waals surface area (Å²) >= 11 is 0. The average Bonchev–Trinajstić information content (AvgIpc) is 2.35. The quantitative estimate of drug-likeness (QED) is 0.783. The molecule has 1 aliphatic heterocycles. The van der Waals surface area contributed by atoms with Gasteiger partial charge in [-0.1, -0.05) is 12.1 Å². The Bertz CT molecular complexity index is 459. The lowest BCUT2D eigenvalue weighted by Gasteiger charge is -2.38. The van der Waals surface area contributed by atoms with Gasteiger partial charge in [0, 0.05) is 31.6 Å². The number of morpholine rings is 1. The fourth-order valence-corrected chi connectivity index (χ4v) is 2.37. The number of carbonyl (C=O) groups is 1. The molecule has 1 aliphatic rings. The first-order valence-corrected chi connectivity index (χ1v) is 6.61. The summed E-state index contributed by atoms with van der Waals surface area (Å²) in [7, 11) is 0. The number of rotatable bonds is 4. The summed E-state index contributed by atoms with van der Waals surface area (Å²) < 4.78 is 18.7. The topological polar surface area (TPSA) is 29.5 Å². The lowest BCUT2D eigenvalue weighted by Crippen LogP contribution is -2.48. The minimum Gasteiger partial charge on any atom is -0.373 e. The standard InChI is InChI=1S/C15H20FNO2/c1-15(2)11-17(8-9-19-15)7-6-14(18)12-4-3-5-13(16)10-12/h3-5,10H,6-9,11H2,1-2H3. The summed E-state index contributed by atoms with van der Waals surface area (Å²) in [5, 5.41) is 0. The molecule has 3 nitrogen and oxygen atoms in total. The third-order valence-electron chi connectivity index (χ3n) is 3.31. The molecular weight excluding hydrogens is 245 g/mol. The van der Waals surface area contributed by atoms with Crippen molar-refractivity contribution in [2.45, 2.75) is 25.9 Å². The van der Waals surface area contributed by atoms with Gasteiger partial charge in [-0.3, -0.25) is 9.69 Å². The highest BCUT2D eigenvalue weighted by Crippen LogP contribution is 2.17. The van der Waals surface area contributed by atoms with E-state index in [-0.39, 0.29) is 17.2 Å². The Morgan fingerprint density at radius 3 is 2.95 bits per heavy atom. The van der Waals surface area contributed by atoms with Gasteiger partial charge >= 0.3 is 0 Å². The maximum Gasteiger partial charge on any atom is 0.164 e. The fraction of sp³-hybridized carbons (Fsp3) is 0.533. The Morgan fingerprint density at radius 2 is 2.26 bits per heavy atom. The van der Waals surface area contributed by atoms with Gasteiger partial charge in [0.15, 0.2) is 5.78 Å². The van der Waals surface area contributed by atoms with Crippen molar-refractivity contribution in [2.75, 3.05) is 26.2 Å². The minimum atomic E-state index is -0.363. The highest BCUT2D eigenvalue weighted by Gasteiger charge is 2.27. The van der Waals surface area contributed by atoms with Crippen LogP contribution < -0.4 is 0 Å². The van der Waals surface area contributed by atoms with Crippen LogP contribution >= 0.6 is 0 Å². The molecule has 0 atom stereocenters. The van der Waals surface area contributed by atoms with E-state index in [1.165, 1.54) is 12.1 Å².